The summed E-state index contributed by atoms with van der Waals surface area (Å²) >= 11 is 12.6. The van der Waals surface area contributed by atoms with Crippen LogP contribution in [0.2, 0.25) is 10.0 Å². The van der Waals surface area contributed by atoms with Gasteiger partial charge in [0.15, 0.2) is 0 Å². The van der Waals surface area contributed by atoms with Crippen LogP contribution < -0.4 is 9.62 Å². The number of carbonyl (C=O) groups is 2. The Labute approximate surface area is 240 Å². The van der Waals surface area contributed by atoms with Gasteiger partial charge in [0.2, 0.25) is 11.8 Å². The van der Waals surface area contributed by atoms with E-state index in [1.165, 1.54) is 35.2 Å². The molecule has 10 heteroatoms. The number of anilines is 1. The number of halogens is 2. The molecule has 0 heterocycles. The topological polar surface area (TPSA) is 86.8 Å². The van der Waals surface area contributed by atoms with Crippen LogP contribution in [0.1, 0.15) is 37.8 Å². The SMILES string of the molecule is CCCCNC(=O)[C@@H](C)N(Cc1ccccc1)C(=O)CN(c1cc(Cl)ccc1Cl)S(=O)(=O)c1ccc(C)cc1. The van der Waals surface area contributed by atoms with Gasteiger partial charge in [-0.25, -0.2) is 8.42 Å². The van der Waals surface area contributed by atoms with Crippen LogP contribution in [-0.2, 0) is 26.2 Å². The van der Waals surface area contributed by atoms with Crippen LogP contribution in [0.25, 0.3) is 0 Å². The lowest BCUT2D eigenvalue weighted by Crippen LogP contribution is -2.51. The van der Waals surface area contributed by atoms with Gasteiger partial charge in [-0.1, -0.05) is 84.6 Å². The Hall–Kier alpha value is -3.07. The van der Waals surface area contributed by atoms with Gasteiger partial charge >= 0.3 is 0 Å². The number of rotatable bonds is 12. The maximum absolute atomic E-state index is 13.9. The van der Waals surface area contributed by atoms with Crippen molar-refractivity contribution in [3.8, 4) is 0 Å². The van der Waals surface area contributed by atoms with Crippen molar-refractivity contribution < 1.29 is 18.0 Å². The highest BCUT2D eigenvalue weighted by molar-refractivity contribution is 7.92. The monoisotopic (exact) mass is 589 g/mol. The second kappa shape index (κ2) is 13.8. The summed E-state index contributed by atoms with van der Waals surface area (Å²) in [5.41, 5.74) is 1.75. The maximum Gasteiger partial charge on any atom is 0.264 e. The number of hydrogen-bond acceptors (Lipinski definition) is 4. The number of unbranched alkanes of at least 4 members (excludes halogenated alkanes) is 1. The Bertz CT molecular complexity index is 1380. The zero-order valence-electron chi connectivity index (χ0n) is 22.2. The molecule has 3 aromatic rings. The smallest absolute Gasteiger partial charge is 0.264 e. The summed E-state index contributed by atoms with van der Waals surface area (Å²) in [5, 5.41) is 3.24. The highest BCUT2D eigenvalue weighted by Gasteiger charge is 2.33. The molecule has 0 aliphatic heterocycles. The maximum atomic E-state index is 13.9. The quantitative estimate of drug-likeness (QED) is 0.269. The highest BCUT2D eigenvalue weighted by Crippen LogP contribution is 2.33. The summed E-state index contributed by atoms with van der Waals surface area (Å²) in [6.07, 6.45) is 1.72. The molecular formula is C29H33Cl2N3O4S. The van der Waals surface area contributed by atoms with Gasteiger partial charge < -0.3 is 10.2 Å². The second-order valence-electron chi connectivity index (χ2n) is 9.25. The molecule has 0 saturated carbocycles. The van der Waals surface area contributed by atoms with Gasteiger partial charge in [0, 0.05) is 18.1 Å². The van der Waals surface area contributed by atoms with Crippen molar-refractivity contribution in [1.29, 1.82) is 0 Å². The summed E-state index contributed by atoms with van der Waals surface area (Å²) in [6, 6.07) is 19.1. The van der Waals surface area contributed by atoms with Crippen molar-refractivity contribution in [2.24, 2.45) is 0 Å². The average Bonchev–Trinajstić information content (AvgIpc) is 2.92. The Morgan fingerprint density at radius 1 is 0.974 bits per heavy atom. The third-order valence-electron chi connectivity index (χ3n) is 6.26. The van der Waals surface area contributed by atoms with E-state index in [9.17, 15) is 18.0 Å². The average molecular weight is 591 g/mol. The predicted octanol–water partition coefficient (Wildman–Crippen LogP) is 5.83. The molecule has 208 valence electrons. The molecule has 0 aliphatic rings. The van der Waals surface area contributed by atoms with Crippen molar-refractivity contribution in [3.05, 3.63) is 94.0 Å². The molecule has 0 saturated heterocycles. The first-order valence-corrected chi connectivity index (χ1v) is 14.9. The van der Waals surface area contributed by atoms with Crippen LogP contribution in [-0.4, -0.2) is 44.3 Å². The lowest BCUT2D eigenvalue weighted by atomic mass is 10.1. The number of aryl methyl sites for hydroxylation is 1. The predicted molar refractivity (Wildman–Crippen MR) is 157 cm³/mol. The van der Waals surface area contributed by atoms with E-state index >= 15 is 0 Å². The van der Waals surface area contributed by atoms with E-state index in [0.717, 1.165) is 28.3 Å². The van der Waals surface area contributed by atoms with Gasteiger partial charge in [-0.3, -0.25) is 13.9 Å². The number of hydrogen-bond donors (Lipinski definition) is 1. The number of amides is 2. The minimum absolute atomic E-state index is 0.00286. The Morgan fingerprint density at radius 2 is 1.64 bits per heavy atom. The molecule has 0 fully saturated rings. The van der Waals surface area contributed by atoms with Gasteiger partial charge in [0.25, 0.3) is 10.0 Å². The van der Waals surface area contributed by atoms with Crippen LogP contribution >= 0.6 is 23.2 Å². The Kier molecular flexibility index (Phi) is 10.8. The first-order valence-electron chi connectivity index (χ1n) is 12.7. The third kappa shape index (κ3) is 7.97. The third-order valence-corrected chi connectivity index (χ3v) is 8.59. The number of sulfonamides is 1. The molecule has 0 radical (unpaired) electrons. The Morgan fingerprint density at radius 3 is 2.28 bits per heavy atom. The molecular weight excluding hydrogens is 557 g/mol. The normalized spacial score (nSPS) is 12.0. The van der Waals surface area contributed by atoms with Crippen LogP contribution in [0.4, 0.5) is 5.69 Å². The van der Waals surface area contributed by atoms with E-state index in [1.54, 1.807) is 19.1 Å². The van der Waals surface area contributed by atoms with Crippen LogP contribution in [0.3, 0.4) is 0 Å². The number of carbonyl (C=O) groups excluding carboxylic acids is 2. The van der Waals surface area contributed by atoms with Crippen molar-refractivity contribution in [3.63, 3.8) is 0 Å². The highest BCUT2D eigenvalue weighted by atomic mass is 35.5. The van der Waals surface area contributed by atoms with E-state index in [0.29, 0.717) is 6.54 Å². The van der Waals surface area contributed by atoms with Crippen molar-refractivity contribution in [1.82, 2.24) is 10.2 Å². The molecule has 2 amide bonds. The molecule has 0 aromatic heterocycles. The number of nitrogens with zero attached hydrogens (tertiary/aromatic N) is 2. The van der Waals surface area contributed by atoms with Gasteiger partial charge in [-0.15, -0.1) is 0 Å². The van der Waals surface area contributed by atoms with Gasteiger partial charge in [0.1, 0.15) is 12.6 Å². The van der Waals surface area contributed by atoms with E-state index < -0.39 is 28.5 Å². The molecule has 3 rings (SSSR count). The fourth-order valence-corrected chi connectivity index (χ4v) is 5.79. The zero-order valence-corrected chi connectivity index (χ0v) is 24.6. The van der Waals surface area contributed by atoms with Gasteiger partial charge in [0.05, 0.1) is 15.6 Å². The lowest BCUT2D eigenvalue weighted by molar-refractivity contribution is -0.139. The summed E-state index contributed by atoms with van der Waals surface area (Å²) in [4.78, 5) is 28.3. The molecule has 39 heavy (non-hydrogen) atoms. The summed E-state index contributed by atoms with van der Waals surface area (Å²) in [5.74, 6) is -0.884. The molecule has 3 aromatic carbocycles. The zero-order chi connectivity index (χ0) is 28.6. The first-order chi connectivity index (χ1) is 18.5. The second-order valence-corrected chi connectivity index (χ2v) is 12.0. The van der Waals surface area contributed by atoms with Gasteiger partial charge in [-0.2, -0.15) is 0 Å². The minimum atomic E-state index is -4.23. The van der Waals surface area contributed by atoms with E-state index in [2.05, 4.69) is 5.32 Å². The van der Waals surface area contributed by atoms with Crippen LogP contribution in [0.5, 0.6) is 0 Å². The molecule has 7 nitrogen and oxygen atoms in total. The van der Waals surface area contributed by atoms with E-state index in [4.69, 9.17) is 23.2 Å². The molecule has 0 unspecified atom stereocenters. The molecule has 1 N–H and O–H groups in total. The summed E-state index contributed by atoms with van der Waals surface area (Å²) < 4.78 is 28.7. The largest absolute Gasteiger partial charge is 0.354 e. The fourth-order valence-electron chi connectivity index (χ4n) is 3.93. The Balaban J connectivity index is 2.03. The minimum Gasteiger partial charge on any atom is -0.354 e. The first kappa shape index (κ1) is 30.5. The molecule has 1 atom stereocenters. The summed E-state index contributed by atoms with van der Waals surface area (Å²) in [6.45, 7) is 5.51. The van der Waals surface area contributed by atoms with Crippen molar-refractivity contribution in [2.75, 3.05) is 17.4 Å². The van der Waals surface area contributed by atoms with Gasteiger partial charge in [-0.05, 0) is 56.2 Å². The fraction of sp³-hybridized carbons (Fsp3) is 0.310. The number of benzene rings is 3. The summed E-state index contributed by atoms with van der Waals surface area (Å²) in [7, 11) is -4.23. The van der Waals surface area contributed by atoms with Crippen molar-refractivity contribution in [2.45, 2.75) is 51.1 Å². The lowest BCUT2D eigenvalue weighted by Gasteiger charge is -2.32. The standard InChI is InChI=1S/C29H33Cl2N3O4S/c1-4-5-17-32-29(36)22(3)33(19-23-9-7-6-8-10-23)28(35)20-34(27-18-24(30)13-16-26(27)31)39(37,38)25-14-11-21(2)12-15-25/h6-16,18,22H,4-5,17,19-20H2,1-3H3,(H,32,36)/t22-/m1/s1. The molecule has 0 aliphatic carbocycles. The van der Waals surface area contributed by atoms with E-state index in [-0.39, 0.29) is 33.1 Å². The van der Waals surface area contributed by atoms with Crippen LogP contribution in [0.15, 0.2) is 77.7 Å². The number of nitrogens with one attached hydrogen (secondary N) is 1. The molecule has 0 spiro atoms. The van der Waals surface area contributed by atoms with Crippen LogP contribution in [0, 0.1) is 6.92 Å². The van der Waals surface area contributed by atoms with Crippen molar-refractivity contribution >= 4 is 50.7 Å². The van der Waals surface area contributed by atoms with E-state index in [1.807, 2.05) is 44.2 Å². The molecule has 0 bridgehead atoms.